The third-order valence-electron chi connectivity index (χ3n) is 5.07. The van der Waals surface area contributed by atoms with Gasteiger partial charge in [-0.3, -0.25) is 4.79 Å². The standard InChI is InChI=1S/C18H10Br3N3O2/c19-8-5-18(6-9(20)15(8)25)2-4-23-14-11(18)12-10-7(1-3-22-12)17(21)24-13(10)16(14)26/h2,4-6,23,26H,1,3H2/p+1. The van der Waals surface area contributed by atoms with Gasteiger partial charge in [0.25, 0.3) is 0 Å². The van der Waals surface area contributed by atoms with Crippen LogP contribution in [0.25, 0.3) is 5.57 Å². The maximum absolute atomic E-state index is 12.2. The van der Waals surface area contributed by atoms with Crippen LogP contribution in [0.1, 0.15) is 12.0 Å². The second kappa shape index (κ2) is 5.50. The first-order chi connectivity index (χ1) is 12.4. The van der Waals surface area contributed by atoms with E-state index in [-0.39, 0.29) is 11.5 Å². The topological polar surface area (TPSA) is 75.7 Å². The molecular weight excluding hydrogens is 530 g/mol. The van der Waals surface area contributed by atoms with E-state index in [1.54, 1.807) is 6.20 Å². The summed E-state index contributed by atoms with van der Waals surface area (Å²) < 4.78 is 1.73. The highest BCUT2D eigenvalue weighted by atomic mass is 79.9. The van der Waals surface area contributed by atoms with Crippen molar-refractivity contribution in [3.05, 3.63) is 49.5 Å². The second-order valence-corrected chi connectivity index (χ2v) is 8.94. The molecule has 0 radical (unpaired) electrons. The van der Waals surface area contributed by atoms with Gasteiger partial charge in [0.2, 0.25) is 11.1 Å². The molecule has 5 rings (SSSR count). The number of ketones is 1. The number of phenolic OH excluding ortho intramolecular Hbond substituents is 1. The maximum atomic E-state index is 12.2. The molecule has 1 aliphatic carbocycles. The van der Waals surface area contributed by atoms with Crippen LogP contribution < -0.4 is 20.9 Å². The average molecular weight is 541 g/mol. The Kier molecular flexibility index (Phi) is 3.52. The van der Waals surface area contributed by atoms with Crippen LogP contribution in [-0.2, 0) is 10.2 Å². The van der Waals surface area contributed by atoms with Crippen molar-refractivity contribution < 1.29 is 14.9 Å². The number of rotatable bonds is 0. The Bertz CT molecular complexity index is 1150. The van der Waals surface area contributed by atoms with Gasteiger partial charge in [0, 0.05) is 12.0 Å². The first-order valence-corrected chi connectivity index (χ1v) is 10.3. The molecule has 1 aromatic carbocycles. The average Bonchev–Trinajstić information content (AvgIpc) is 2.96. The molecule has 0 saturated heterocycles. The number of nitrogens with one attached hydrogen (secondary N) is 2. The number of aromatic hydroxyl groups is 1. The summed E-state index contributed by atoms with van der Waals surface area (Å²) in [4.78, 5) is 20.2. The van der Waals surface area contributed by atoms with Crippen molar-refractivity contribution in [2.24, 2.45) is 4.99 Å². The fraction of sp³-hybridized carbons (Fsp3) is 0.167. The third kappa shape index (κ3) is 2.03. The molecule has 0 aromatic heterocycles. The zero-order valence-corrected chi connectivity index (χ0v) is 17.9. The van der Waals surface area contributed by atoms with E-state index in [4.69, 9.17) is 0 Å². The molecule has 5 nitrogen and oxygen atoms in total. The van der Waals surface area contributed by atoms with E-state index in [0.29, 0.717) is 20.3 Å². The first-order valence-electron chi connectivity index (χ1n) is 7.96. The Hall–Kier alpha value is -1.51. The summed E-state index contributed by atoms with van der Waals surface area (Å²) in [7, 11) is 0. The van der Waals surface area contributed by atoms with Crippen molar-refractivity contribution >= 4 is 75.1 Å². The molecule has 0 saturated carbocycles. The van der Waals surface area contributed by atoms with E-state index in [1.807, 2.05) is 18.2 Å². The van der Waals surface area contributed by atoms with Gasteiger partial charge in [-0.2, -0.15) is 0 Å². The van der Waals surface area contributed by atoms with Crippen LogP contribution in [0.5, 0.6) is 5.75 Å². The molecule has 0 bridgehead atoms. The summed E-state index contributed by atoms with van der Waals surface area (Å²) in [5, 5.41) is 16.0. The lowest BCUT2D eigenvalue weighted by atomic mass is 9.74. The van der Waals surface area contributed by atoms with Gasteiger partial charge in [-0.1, -0.05) is 0 Å². The smallest absolute Gasteiger partial charge is 0.215 e. The van der Waals surface area contributed by atoms with Gasteiger partial charge in [-0.05, 0) is 72.2 Å². The molecule has 0 fully saturated rings. The molecule has 3 heterocycles. The Labute approximate surface area is 173 Å². The van der Waals surface area contributed by atoms with Gasteiger partial charge in [-0.25, -0.2) is 9.98 Å². The predicted octanol–water partition coefficient (Wildman–Crippen LogP) is 1.40. The van der Waals surface area contributed by atoms with Crippen molar-refractivity contribution in [2.45, 2.75) is 11.8 Å². The minimum absolute atomic E-state index is 0.102. The largest absolute Gasteiger partial charge is 0.504 e. The lowest BCUT2D eigenvalue weighted by Crippen LogP contribution is -2.83. The molecule has 1 aromatic rings. The van der Waals surface area contributed by atoms with Crippen LogP contribution in [0, 0.1) is 0 Å². The van der Waals surface area contributed by atoms with Gasteiger partial charge in [0.1, 0.15) is 16.9 Å². The van der Waals surface area contributed by atoms with Crippen LogP contribution in [0.15, 0.2) is 38.4 Å². The van der Waals surface area contributed by atoms with Gasteiger partial charge in [-0.15, -0.1) is 0 Å². The zero-order valence-electron chi connectivity index (χ0n) is 13.2. The number of Topliss-reactive ketones (excluding diaryl/α,β-unsaturated/α-hetero) is 1. The van der Waals surface area contributed by atoms with E-state index in [2.05, 4.69) is 63.1 Å². The van der Waals surface area contributed by atoms with E-state index in [9.17, 15) is 9.90 Å². The molecule has 1 spiro atoms. The van der Waals surface area contributed by atoms with E-state index in [0.717, 1.165) is 39.3 Å². The van der Waals surface area contributed by atoms with Crippen molar-refractivity contribution in [1.82, 2.24) is 0 Å². The molecule has 4 aliphatic rings. The minimum atomic E-state index is -0.668. The molecular formula is C18H11Br3N3O2+. The number of anilines is 1. The number of fused-ring (bicyclic) bond motifs is 3. The van der Waals surface area contributed by atoms with Crippen LogP contribution in [0.3, 0.4) is 0 Å². The molecule has 0 atom stereocenters. The predicted molar refractivity (Wildman–Crippen MR) is 110 cm³/mol. The lowest BCUT2D eigenvalue weighted by molar-refractivity contribution is -0.501. The van der Waals surface area contributed by atoms with Crippen molar-refractivity contribution in [1.29, 1.82) is 0 Å². The Morgan fingerprint density at radius 3 is 2.69 bits per heavy atom. The SMILES string of the molecule is O=C1C(Br)=CC2(C=CNc3c(O)c4c5c(c32)=[NH+]CCC=5C(Br)=N4)C=C1Br. The first kappa shape index (κ1) is 16.6. The number of hydrogen-bond donors (Lipinski definition) is 3. The molecule has 8 heteroatoms. The normalized spacial score (nSPS) is 21.4. The lowest BCUT2D eigenvalue weighted by Gasteiger charge is -2.32. The Morgan fingerprint density at radius 1 is 1.23 bits per heavy atom. The zero-order chi connectivity index (χ0) is 18.2. The van der Waals surface area contributed by atoms with E-state index >= 15 is 0 Å². The van der Waals surface area contributed by atoms with E-state index < -0.39 is 5.41 Å². The fourth-order valence-corrected chi connectivity index (χ4v) is 6.00. The van der Waals surface area contributed by atoms with Crippen LogP contribution in [0.2, 0.25) is 0 Å². The molecule has 3 N–H and O–H groups in total. The Balaban J connectivity index is 1.96. The quantitative estimate of drug-likeness (QED) is 0.436. The van der Waals surface area contributed by atoms with Crippen LogP contribution in [-0.4, -0.2) is 22.1 Å². The number of halogens is 3. The summed E-state index contributed by atoms with van der Waals surface area (Å²) in [5.41, 5.74) is 2.48. The number of nitrogens with zero attached hydrogens (tertiary/aromatic N) is 1. The van der Waals surface area contributed by atoms with E-state index in [1.165, 1.54) is 0 Å². The van der Waals surface area contributed by atoms with Crippen molar-refractivity contribution in [2.75, 3.05) is 11.9 Å². The summed E-state index contributed by atoms with van der Waals surface area (Å²) in [6.07, 6.45) is 8.34. The monoisotopic (exact) mass is 538 g/mol. The summed E-state index contributed by atoms with van der Waals surface area (Å²) >= 11 is 10.3. The highest BCUT2D eigenvalue weighted by Crippen LogP contribution is 2.47. The van der Waals surface area contributed by atoms with Crippen molar-refractivity contribution in [3.8, 4) is 5.75 Å². The summed E-state index contributed by atoms with van der Waals surface area (Å²) in [6, 6.07) is 0. The number of phenols is 1. The number of allylic oxidation sites excluding steroid dienone is 5. The third-order valence-corrected chi connectivity index (χ3v) is 6.90. The number of hydrogen-bond acceptors (Lipinski definition) is 4. The number of carbonyl (C=O) groups is 1. The molecule has 26 heavy (non-hydrogen) atoms. The Morgan fingerprint density at radius 2 is 1.96 bits per heavy atom. The molecule has 3 aliphatic heterocycles. The van der Waals surface area contributed by atoms with Gasteiger partial charge in [0.05, 0.1) is 30.8 Å². The number of benzene rings is 1. The second-order valence-electron chi connectivity index (χ2n) is 6.48. The fourth-order valence-electron chi connectivity index (χ4n) is 3.98. The molecule has 130 valence electrons. The summed E-state index contributed by atoms with van der Waals surface area (Å²) in [6.45, 7) is 0.776. The van der Waals surface area contributed by atoms with Gasteiger partial charge < -0.3 is 10.4 Å². The number of aliphatic imine (C=N–C) groups is 1. The summed E-state index contributed by atoms with van der Waals surface area (Å²) in [5.74, 6) is 0.0125. The van der Waals surface area contributed by atoms with Crippen LogP contribution >= 0.6 is 47.8 Å². The maximum Gasteiger partial charge on any atom is 0.215 e. The van der Waals surface area contributed by atoms with Crippen LogP contribution in [0.4, 0.5) is 11.4 Å². The van der Waals surface area contributed by atoms with Gasteiger partial charge in [0.15, 0.2) is 5.75 Å². The van der Waals surface area contributed by atoms with Gasteiger partial charge >= 0.3 is 0 Å². The molecule has 0 unspecified atom stereocenters. The molecule has 0 amide bonds. The minimum Gasteiger partial charge on any atom is -0.504 e. The highest BCUT2D eigenvalue weighted by molar-refractivity contribution is 9.18. The highest BCUT2D eigenvalue weighted by Gasteiger charge is 2.42. The number of carbonyl (C=O) groups excluding carboxylic acids is 1. The van der Waals surface area contributed by atoms with Crippen molar-refractivity contribution in [3.63, 3.8) is 0 Å².